The van der Waals surface area contributed by atoms with Crippen molar-refractivity contribution in [1.29, 1.82) is 0 Å². The van der Waals surface area contributed by atoms with Crippen molar-refractivity contribution in [2.75, 3.05) is 18.9 Å². The van der Waals surface area contributed by atoms with Gasteiger partial charge in [0, 0.05) is 0 Å². The third kappa shape index (κ3) is 3.82. The van der Waals surface area contributed by atoms with Crippen LogP contribution in [0.15, 0.2) is 18.5 Å². The fourth-order valence-corrected chi connectivity index (χ4v) is 2.99. The maximum absolute atomic E-state index is 11.8. The maximum Gasteiger partial charge on any atom is 0.508 e. The largest absolute Gasteiger partial charge is 0.508 e. The molecule has 11 heteroatoms. The predicted octanol–water partition coefficient (Wildman–Crippen LogP) is 0.919. The van der Waals surface area contributed by atoms with Gasteiger partial charge in [-0.3, -0.25) is 9.58 Å². The van der Waals surface area contributed by atoms with Crippen LogP contribution in [0.25, 0.3) is 10.4 Å². The molecule has 156 valence electrons. The predicted molar refractivity (Wildman–Crippen MR) is 99.3 cm³/mol. The fourth-order valence-electron chi connectivity index (χ4n) is 2.99. The molecule has 0 aliphatic carbocycles. The smallest absolute Gasteiger partial charge is 0.434 e. The van der Waals surface area contributed by atoms with Crippen LogP contribution in [0.5, 0.6) is 0 Å². The number of aromatic nitrogens is 3. The summed E-state index contributed by atoms with van der Waals surface area (Å²) in [6.45, 7) is 10.9. The van der Waals surface area contributed by atoms with Crippen LogP contribution in [0.2, 0.25) is 0 Å². The molecule has 0 saturated carbocycles. The van der Waals surface area contributed by atoms with Crippen LogP contribution in [0.4, 0.5) is 10.6 Å². The average Bonchev–Trinajstić information content (AvgIpc) is 3.26. The van der Waals surface area contributed by atoms with Crippen LogP contribution < -0.4 is 5.73 Å². The van der Waals surface area contributed by atoms with E-state index >= 15 is 0 Å². The van der Waals surface area contributed by atoms with Crippen molar-refractivity contribution in [1.82, 2.24) is 14.6 Å². The number of aliphatic hydroxyl groups excluding tert-OH is 2. The first-order chi connectivity index (χ1) is 13.8. The number of carbonyl (C=O) groups excluding carboxylic acids is 1. The zero-order chi connectivity index (χ0) is 21.2. The van der Waals surface area contributed by atoms with E-state index in [2.05, 4.69) is 14.9 Å². The molecule has 5 atom stereocenters. The topological polar surface area (TPSA) is 146 Å². The van der Waals surface area contributed by atoms with E-state index in [0.29, 0.717) is 11.2 Å². The van der Waals surface area contributed by atoms with Crippen LogP contribution in [0.3, 0.4) is 0 Å². The Balaban J connectivity index is 1.76. The summed E-state index contributed by atoms with van der Waals surface area (Å²) < 4.78 is 17.1. The minimum Gasteiger partial charge on any atom is -0.434 e. The van der Waals surface area contributed by atoms with Crippen LogP contribution in [-0.4, -0.2) is 62.1 Å². The minimum absolute atomic E-state index is 0.161. The first-order valence-electron chi connectivity index (χ1n) is 9.13. The molecule has 0 amide bonds. The summed E-state index contributed by atoms with van der Waals surface area (Å²) in [5, 5.41) is 25.1. The van der Waals surface area contributed by atoms with E-state index in [1.165, 1.54) is 10.8 Å². The van der Waals surface area contributed by atoms with E-state index in [1.807, 2.05) is 13.8 Å². The van der Waals surface area contributed by atoms with Crippen LogP contribution >= 0.6 is 0 Å². The molecule has 3 rings (SSSR count). The third-order valence-electron chi connectivity index (χ3n) is 5.00. The average molecular weight is 405 g/mol. The Labute approximate surface area is 166 Å². The number of fused-ring (bicyclic) bond motifs is 1. The second-order valence-electron chi connectivity index (χ2n) is 6.99. The van der Waals surface area contributed by atoms with Crippen LogP contribution in [0, 0.1) is 12.5 Å². The molecule has 0 bridgehead atoms. The molecule has 1 fully saturated rings. The summed E-state index contributed by atoms with van der Waals surface area (Å²) in [7, 11) is 0. The molecule has 0 radical (unpaired) electrons. The molecule has 11 nitrogen and oxygen atoms in total. The van der Waals surface area contributed by atoms with Gasteiger partial charge in [0.25, 0.3) is 0 Å². The van der Waals surface area contributed by atoms with Gasteiger partial charge < -0.3 is 25.4 Å². The second kappa shape index (κ2) is 8.20. The highest BCUT2D eigenvalue weighted by Gasteiger charge is 2.62. The lowest BCUT2D eigenvalue weighted by Crippen LogP contribution is -2.44. The van der Waals surface area contributed by atoms with Gasteiger partial charge in [-0.15, -0.1) is 0 Å². The molecule has 2 aromatic heterocycles. The molecule has 1 aliphatic rings. The molecule has 4 N–H and O–H groups in total. The number of hydrogen-bond acceptors (Lipinski definition) is 9. The van der Waals surface area contributed by atoms with E-state index in [-0.39, 0.29) is 18.3 Å². The quantitative estimate of drug-likeness (QED) is 0.471. The number of rotatable bonds is 6. The molecule has 1 saturated heterocycles. The highest BCUT2D eigenvalue weighted by Crippen LogP contribution is 2.41. The van der Waals surface area contributed by atoms with E-state index in [4.69, 9.17) is 26.5 Å². The summed E-state index contributed by atoms with van der Waals surface area (Å²) >= 11 is 0. The van der Waals surface area contributed by atoms with Gasteiger partial charge in [0.1, 0.15) is 24.1 Å². The summed E-state index contributed by atoms with van der Waals surface area (Å²) in [4.78, 5) is 19.0. The van der Waals surface area contributed by atoms with E-state index < -0.39 is 36.8 Å². The molecule has 29 heavy (non-hydrogen) atoms. The Hall–Kier alpha value is -2.94. The Morgan fingerprint density at radius 1 is 1.48 bits per heavy atom. The number of nitrogen functional groups attached to an aromatic ring is 1. The van der Waals surface area contributed by atoms with Gasteiger partial charge in [0.2, 0.25) is 6.61 Å². The van der Waals surface area contributed by atoms with Gasteiger partial charge in [-0.2, -0.15) is 5.10 Å². The van der Waals surface area contributed by atoms with Crippen LogP contribution in [-0.2, 0) is 14.2 Å². The molecule has 0 aromatic carbocycles. The van der Waals surface area contributed by atoms with Crippen molar-refractivity contribution in [3.63, 3.8) is 0 Å². The Kier molecular flexibility index (Phi) is 5.88. The van der Waals surface area contributed by atoms with Gasteiger partial charge in [-0.05, 0) is 18.1 Å². The monoisotopic (exact) mass is 405 g/mol. The fraction of sp³-hybridized carbons (Fsp3) is 0.556. The lowest BCUT2D eigenvalue weighted by molar-refractivity contribution is -0.0928. The van der Waals surface area contributed by atoms with Crippen molar-refractivity contribution in [3.8, 4) is 0 Å². The van der Waals surface area contributed by atoms with E-state index in [1.54, 1.807) is 12.1 Å². The number of nitrogens with two attached hydrogens (primary N) is 1. The first-order valence-corrected chi connectivity index (χ1v) is 9.13. The minimum atomic E-state index is -1.98. The summed E-state index contributed by atoms with van der Waals surface area (Å²) in [5.41, 5.74) is 4.67. The summed E-state index contributed by atoms with van der Waals surface area (Å²) in [5.74, 6) is 0.386. The molecular weight excluding hydrogens is 382 g/mol. The molecule has 3 heterocycles. The van der Waals surface area contributed by atoms with E-state index in [9.17, 15) is 15.0 Å². The van der Waals surface area contributed by atoms with Gasteiger partial charge in [0.05, 0.1) is 12.3 Å². The van der Waals surface area contributed by atoms with E-state index in [0.717, 1.165) is 6.42 Å². The zero-order valence-corrected chi connectivity index (χ0v) is 16.1. The number of nitrogens with zero attached hydrogens (tertiary/aromatic N) is 4. The molecule has 0 unspecified atom stereocenters. The maximum atomic E-state index is 11.8. The second-order valence-corrected chi connectivity index (χ2v) is 6.99. The Bertz CT molecular complexity index is 927. The van der Waals surface area contributed by atoms with Crippen LogP contribution in [0.1, 0.15) is 32.1 Å². The third-order valence-corrected chi connectivity index (χ3v) is 5.00. The Morgan fingerprint density at radius 3 is 2.93 bits per heavy atom. The van der Waals surface area contributed by atoms with Crippen molar-refractivity contribution < 1.29 is 29.2 Å². The molecular formula is C18H23N5O6. The molecule has 1 aliphatic heterocycles. The number of ether oxygens (including phenoxy) is 3. The lowest BCUT2D eigenvalue weighted by Gasteiger charge is -2.19. The Morgan fingerprint density at radius 2 is 2.24 bits per heavy atom. The SMILES string of the molecule is [C-]#[N+][C@]1(COC(=O)OC[C@@H](C)CC)O[C@@H](c2ccc3c(N)ncnn23)[C@H](O)[C@@H]1O. The van der Waals surface area contributed by atoms with Crippen molar-refractivity contribution in [2.45, 2.75) is 44.3 Å². The number of anilines is 1. The van der Waals surface area contributed by atoms with Crippen molar-refractivity contribution in [2.24, 2.45) is 5.92 Å². The van der Waals surface area contributed by atoms with Gasteiger partial charge in [-0.25, -0.2) is 20.9 Å². The molecule has 0 spiro atoms. The summed E-state index contributed by atoms with van der Waals surface area (Å²) in [6.07, 6.45) is -3.10. The summed E-state index contributed by atoms with van der Waals surface area (Å²) in [6, 6.07) is 3.23. The number of aliphatic hydroxyl groups is 2. The highest BCUT2D eigenvalue weighted by atomic mass is 16.7. The normalized spacial score (nSPS) is 27.5. The van der Waals surface area contributed by atoms with Gasteiger partial charge >= 0.3 is 11.9 Å². The first kappa shape index (κ1) is 20.8. The van der Waals surface area contributed by atoms with Gasteiger partial charge in [-0.1, -0.05) is 20.3 Å². The van der Waals surface area contributed by atoms with Crippen molar-refractivity contribution >= 4 is 17.5 Å². The standard InChI is InChI=1S/C18H23N5O6/c1-4-10(2)7-27-17(26)28-8-18(20-3)15(25)13(24)14(29-18)11-5-6-12-16(19)21-9-22-23(11)12/h5-6,9-10,13-15,24-25H,4,7-8H2,1-2H3,(H2,19,21,22)/t10-,13-,14-,15-,18+/m0/s1. The van der Waals surface area contributed by atoms with Crippen molar-refractivity contribution in [3.05, 3.63) is 35.6 Å². The molecule has 2 aromatic rings. The number of hydrogen-bond donors (Lipinski definition) is 3. The lowest BCUT2D eigenvalue weighted by atomic mass is 10.0. The van der Waals surface area contributed by atoms with Gasteiger partial charge in [0.15, 0.2) is 11.9 Å². The number of carbonyl (C=O) groups is 1. The highest BCUT2D eigenvalue weighted by molar-refractivity contribution is 5.65. The zero-order valence-electron chi connectivity index (χ0n) is 16.1.